The van der Waals surface area contributed by atoms with Gasteiger partial charge in [0.2, 0.25) is 17.7 Å². The fraction of sp³-hybridized carbons (Fsp3) is 0.591. The van der Waals surface area contributed by atoms with Gasteiger partial charge in [-0.3, -0.25) is 14.4 Å². The quantitative estimate of drug-likeness (QED) is 0.128. The maximum atomic E-state index is 12.9. The number of fused-ring (bicyclic) bond motifs is 11. The summed E-state index contributed by atoms with van der Waals surface area (Å²) >= 11 is 2.00. The van der Waals surface area contributed by atoms with Crippen LogP contribution in [0.4, 0.5) is 0 Å². The maximum Gasteiger partial charge on any atom is 0.247 e. The Morgan fingerprint density at radius 2 is 1.91 bits per heavy atom. The minimum Gasteiger partial charge on any atom is -0.494 e. The zero-order valence-corrected chi connectivity index (χ0v) is 21.9. The molecule has 3 amide bonds. The smallest absolute Gasteiger partial charge is 0.247 e. The number of hydroxylamine groups is 1. The lowest BCUT2D eigenvalue weighted by Gasteiger charge is -2.22. The van der Waals surface area contributed by atoms with Crippen molar-refractivity contribution in [2.75, 3.05) is 13.2 Å². The van der Waals surface area contributed by atoms with Gasteiger partial charge in [-0.25, -0.2) is 10.1 Å². The molecule has 1 unspecified atom stereocenters. The van der Waals surface area contributed by atoms with Crippen molar-refractivity contribution >= 4 is 54.1 Å². The number of hydrogen-bond acceptors (Lipinski definition) is 5. The molecule has 2 radical (unpaired) electrons. The van der Waals surface area contributed by atoms with E-state index in [4.69, 9.17) is 17.2 Å². The molecule has 0 saturated carbocycles. The summed E-state index contributed by atoms with van der Waals surface area (Å²) in [6.07, 6.45) is 5.93. The molecular weight excluding hydrogens is 555 g/mol. The molecule has 1 aromatic rings. The molecule has 2 aliphatic heterocycles. The van der Waals surface area contributed by atoms with Crippen LogP contribution in [0.25, 0.3) is 0 Å². The van der Waals surface area contributed by atoms with E-state index in [0.717, 1.165) is 37.0 Å². The third kappa shape index (κ3) is 11.1. The highest BCUT2D eigenvalue weighted by atomic mass is 127. The van der Waals surface area contributed by atoms with E-state index in [1.165, 1.54) is 0 Å². The number of nitrogens with one attached hydrogen (secondary N) is 3. The first-order valence-electron chi connectivity index (χ1n) is 11.3. The molecule has 3 atom stereocenters. The van der Waals surface area contributed by atoms with Gasteiger partial charge < -0.3 is 15.4 Å². The molecule has 0 aromatic heterocycles. The Morgan fingerprint density at radius 3 is 2.64 bits per heavy atom. The molecule has 8 nitrogen and oxygen atoms in total. The number of carbonyl (C=O) groups excluding carboxylic acids is 3. The van der Waals surface area contributed by atoms with Crippen molar-refractivity contribution in [3.8, 4) is 5.75 Å². The second kappa shape index (κ2) is 16.3. The number of amides is 3. The summed E-state index contributed by atoms with van der Waals surface area (Å²) in [5.41, 5.74) is 3.30. The van der Waals surface area contributed by atoms with E-state index in [-0.39, 0.29) is 30.6 Å². The predicted molar refractivity (Wildman–Crippen MR) is 139 cm³/mol. The van der Waals surface area contributed by atoms with Gasteiger partial charge in [0.05, 0.1) is 14.5 Å². The highest BCUT2D eigenvalue weighted by molar-refractivity contribution is 14.2. The SMILES string of the molecule is [B]CCCCCCNC(=O)[C@@H]1Cc2ccc(cc2)OCCC[C@H](C(=O)NOPI)CC(=O)N1. The number of rotatable bonds is 10. The first-order chi connectivity index (χ1) is 16.0. The number of hydrogen-bond donors (Lipinski definition) is 3. The summed E-state index contributed by atoms with van der Waals surface area (Å²) < 4.78 is 10.8. The van der Waals surface area contributed by atoms with E-state index in [9.17, 15) is 14.4 Å². The van der Waals surface area contributed by atoms with Crippen LogP contribution >= 0.6 is 28.5 Å². The van der Waals surface area contributed by atoms with Crippen LogP contribution in [0, 0.1) is 5.92 Å². The Balaban J connectivity index is 2.06. The number of unbranched alkanes of at least 4 members (excludes halogenated alkanes) is 3. The molecular formula is C22H32BIN3O5P. The molecule has 33 heavy (non-hydrogen) atoms. The summed E-state index contributed by atoms with van der Waals surface area (Å²) in [6.45, 7) is 1.06. The molecule has 180 valence electrons. The van der Waals surface area contributed by atoms with Gasteiger partial charge in [-0.15, -0.1) is 0 Å². The van der Waals surface area contributed by atoms with Crippen molar-refractivity contribution in [3.05, 3.63) is 29.8 Å². The van der Waals surface area contributed by atoms with Crippen molar-refractivity contribution in [1.29, 1.82) is 0 Å². The Bertz CT molecular complexity index is 756. The monoisotopic (exact) mass is 587 g/mol. The van der Waals surface area contributed by atoms with Gasteiger partial charge >= 0.3 is 0 Å². The zero-order valence-electron chi connectivity index (χ0n) is 18.7. The maximum absolute atomic E-state index is 12.9. The van der Waals surface area contributed by atoms with E-state index in [1.54, 1.807) is 0 Å². The van der Waals surface area contributed by atoms with Crippen molar-refractivity contribution < 1.29 is 23.7 Å². The highest BCUT2D eigenvalue weighted by Gasteiger charge is 2.26. The van der Waals surface area contributed by atoms with E-state index in [0.29, 0.717) is 38.7 Å². The summed E-state index contributed by atoms with van der Waals surface area (Å²) in [5, 5.41) is 5.77. The molecule has 3 rings (SSSR count). The third-order valence-corrected chi connectivity index (χ3v) is 6.24. The fourth-order valence-corrected chi connectivity index (χ4v) is 4.07. The summed E-state index contributed by atoms with van der Waals surface area (Å²) in [6, 6.07) is 6.79. The molecule has 2 aliphatic rings. The van der Waals surface area contributed by atoms with Gasteiger partial charge in [0, 0.05) is 25.3 Å². The Labute approximate surface area is 211 Å². The van der Waals surface area contributed by atoms with Crippen LogP contribution in [-0.2, 0) is 25.4 Å². The molecule has 0 fully saturated rings. The molecule has 2 heterocycles. The van der Waals surface area contributed by atoms with Gasteiger partial charge in [-0.2, -0.15) is 0 Å². The summed E-state index contributed by atoms with van der Waals surface area (Å²) in [5.74, 6) is -0.761. The van der Waals surface area contributed by atoms with Crippen LogP contribution in [-0.4, -0.2) is 44.8 Å². The summed E-state index contributed by atoms with van der Waals surface area (Å²) in [7, 11) is 5.51. The summed E-state index contributed by atoms with van der Waals surface area (Å²) in [4.78, 5) is 38.1. The molecule has 0 saturated heterocycles. The third-order valence-electron chi connectivity index (χ3n) is 5.40. The topological polar surface area (TPSA) is 106 Å². The lowest BCUT2D eigenvalue weighted by molar-refractivity contribution is -0.136. The van der Waals surface area contributed by atoms with E-state index < -0.39 is 12.0 Å². The van der Waals surface area contributed by atoms with Gasteiger partial charge in [0.25, 0.3) is 0 Å². The van der Waals surface area contributed by atoms with E-state index in [1.807, 2.05) is 46.3 Å². The number of benzene rings is 1. The van der Waals surface area contributed by atoms with Crippen LogP contribution in [0.5, 0.6) is 5.75 Å². The van der Waals surface area contributed by atoms with Gasteiger partial charge in [0.15, 0.2) is 0 Å². The second-order valence-electron chi connectivity index (χ2n) is 8.00. The van der Waals surface area contributed by atoms with Crippen molar-refractivity contribution in [1.82, 2.24) is 16.1 Å². The fourth-order valence-electron chi connectivity index (χ4n) is 3.60. The van der Waals surface area contributed by atoms with Crippen molar-refractivity contribution in [2.45, 2.75) is 63.7 Å². The standard InChI is InChI=1S/C22H32BIN3O5P/c23-11-3-1-2-4-12-25-22(30)19-14-16-7-9-18(10-8-16)31-13-5-6-17(15-20(28)26-19)21(29)27-32-33-24/h7-10,17,19,33H,1-6,11-15H2,(H,25,30)(H,26,28)(H,27,29)/t17-,19-/m0/s1. The minimum absolute atomic E-state index is 0.0278. The van der Waals surface area contributed by atoms with Gasteiger partial charge in [-0.1, -0.05) is 37.7 Å². The van der Waals surface area contributed by atoms with Crippen LogP contribution in [0.3, 0.4) is 0 Å². The van der Waals surface area contributed by atoms with Crippen LogP contribution < -0.4 is 20.9 Å². The molecule has 3 N–H and O–H groups in total. The Morgan fingerprint density at radius 1 is 1.15 bits per heavy atom. The first kappa shape index (κ1) is 27.9. The normalized spacial score (nSPS) is 19.5. The average Bonchev–Trinajstić information content (AvgIpc) is 2.81. The average molecular weight is 587 g/mol. The Kier molecular flexibility index (Phi) is 13.7. The molecule has 11 heteroatoms. The predicted octanol–water partition coefficient (Wildman–Crippen LogP) is 3.15. The molecule has 0 spiro atoms. The zero-order chi connectivity index (χ0) is 23.9. The molecule has 2 bridgehead atoms. The van der Waals surface area contributed by atoms with E-state index in [2.05, 4.69) is 16.1 Å². The lowest BCUT2D eigenvalue weighted by atomic mass is 9.97. The highest BCUT2D eigenvalue weighted by Crippen LogP contribution is 2.21. The van der Waals surface area contributed by atoms with Crippen LogP contribution in [0.1, 0.15) is 50.5 Å². The Hall–Kier alpha value is -1.39. The van der Waals surface area contributed by atoms with Gasteiger partial charge in [-0.05, 0) is 59.0 Å². The van der Waals surface area contributed by atoms with Crippen molar-refractivity contribution in [3.63, 3.8) is 0 Å². The van der Waals surface area contributed by atoms with Gasteiger partial charge in [0.1, 0.15) is 18.2 Å². The van der Waals surface area contributed by atoms with Crippen molar-refractivity contribution in [2.24, 2.45) is 5.92 Å². The lowest BCUT2D eigenvalue weighted by Crippen LogP contribution is -2.49. The largest absolute Gasteiger partial charge is 0.494 e. The number of carbonyl (C=O) groups is 3. The van der Waals surface area contributed by atoms with E-state index >= 15 is 0 Å². The first-order valence-corrected chi connectivity index (χ1v) is 15.4. The molecule has 0 aliphatic carbocycles. The number of halogens is 1. The molecule has 1 aromatic carbocycles. The minimum atomic E-state index is -0.730. The second-order valence-corrected chi connectivity index (χ2v) is 9.68. The van der Waals surface area contributed by atoms with Crippen LogP contribution in [0.2, 0.25) is 6.32 Å². The number of ether oxygens (including phenoxy) is 1. The van der Waals surface area contributed by atoms with Crippen LogP contribution in [0.15, 0.2) is 24.3 Å².